The first-order chi connectivity index (χ1) is 10.8. The van der Waals surface area contributed by atoms with Crippen molar-refractivity contribution in [1.82, 2.24) is 15.3 Å². The van der Waals surface area contributed by atoms with E-state index in [0.717, 1.165) is 18.8 Å². The highest BCUT2D eigenvalue weighted by Crippen LogP contribution is 2.10. The second-order valence-electron chi connectivity index (χ2n) is 5.00. The molecule has 0 unspecified atom stereocenters. The highest BCUT2D eigenvalue weighted by molar-refractivity contribution is 5.94. The fourth-order valence-electron chi connectivity index (χ4n) is 2.26. The van der Waals surface area contributed by atoms with Gasteiger partial charge in [-0.1, -0.05) is 18.2 Å². The number of amides is 1. The zero-order valence-electron chi connectivity index (χ0n) is 12.2. The summed E-state index contributed by atoms with van der Waals surface area (Å²) in [5.74, 6) is 0.585. The van der Waals surface area contributed by atoms with Crippen molar-refractivity contribution in [3.05, 3.63) is 53.9 Å². The third kappa shape index (κ3) is 3.59. The van der Waals surface area contributed by atoms with E-state index in [1.54, 1.807) is 18.3 Å². The van der Waals surface area contributed by atoms with Gasteiger partial charge in [0, 0.05) is 24.8 Å². The van der Waals surface area contributed by atoms with Crippen LogP contribution in [-0.2, 0) is 11.3 Å². The minimum absolute atomic E-state index is 0.105. The molecule has 0 atom stereocenters. The fraction of sp³-hybridized carbons (Fsp3) is 0.312. The third-order valence-electron chi connectivity index (χ3n) is 3.46. The number of rotatable bonds is 4. The molecule has 0 bridgehead atoms. The Balaban J connectivity index is 1.62. The van der Waals surface area contributed by atoms with E-state index in [1.807, 2.05) is 24.3 Å². The van der Waals surface area contributed by atoms with Crippen molar-refractivity contribution < 1.29 is 9.53 Å². The number of morpholine rings is 1. The molecule has 1 N–H and O–H groups in total. The minimum atomic E-state index is -0.105. The average Bonchev–Trinajstić information content (AvgIpc) is 2.61. The van der Waals surface area contributed by atoms with Gasteiger partial charge in [-0.2, -0.15) is 0 Å². The van der Waals surface area contributed by atoms with Gasteiger partial charge in [-0.25, -0.2) is 9.97 Å². The van der Waals surface area contributed by atoms with Gasteiger partial charge < -0.3 is 15.0 Å². The number of hydrogen-bond donors (Lipinski definition) is 1. The van der Waals surface area contributed by atoms with Gasteiger partial charge in [0.15, 0.2) is 0 Å². The smallest absolute Gasteiger partial charge is 0.251 e. The molecule has 0 saturated carbocycles. The van der Waals surface area contributed by atoms with Crippen LogP contribution >= 0.6 is 0 Å². The highest BCUT2D eigenvalue weighted by Gasteiger charge is 2.14. The van der Waals surface area contributed by atoms with Crippen LogP contribution in [0.15, 0.2) is 42.6 Å². The van der Waals surface area contributed by atoms with Gasteiger partial charge >= 0.3 is 0 Å². The van der Waals surface area contributed by atoms with Crippen LogP contribution in [0.3, 0.4) is 0 Å². The van der Waals surface area contributed by atoms with Crippen molar-refractivity contribution in [2.75, 3.05) is 31.2 Å². The molecule has 22 heavy (non-hydrogen) atoms. The summed E-state index contributed by atoms with van der Waals surface area (Å²) in [5, 5.41) is 2.87. The van der Waals surface area contributed by atoms with E-state index in [-0.39, 0.29) is 5.91 Å². The molecule has 6 heteroatoms. The molecule has 1 aliphatic rings. The van der Waals surface area contributed by atoms with Gasteiger partial charge in [-0.3, -0.25) is 4.79 Å². The lowest BCUT2D eigenvalue weighted by molar-refractivity contribution is 0.0950. The Kier molecular flexibility index (Phi) is 4.60. The van der Waals surface area contributed by atoms with Crippen LogP contribution in [0.2, 0.25) is 0 Å². The molecule has 0 spiro atoms. The summed E-state index contributed by atoms with van der Waals surface area (Å²) >= 11 is 0. The van der Waals surface area contributed by atoms with Crippen molar-refractivity contribution in [2.45, 2.75) is 6.54 Å². The van der Waals surface area contributed by atoms with Crippen LogP contribution in [0.5, 0.6) is 0 Å². The molecule has 1 saturated heterocycles. The summed E-state index contributed by atoms with van der Waals surface area (Å²) < 4.78 is 5.33. The van der Waals surface area contributed by atoms with Gasteiger partial charge in [0.25, 0.3) is 5.91 Å². The van der Waals surface area contributed by atoms with Gasteiger partial charge in [-0.15, -0.1) is 0 Å². The van der Waals surface area contributed by atoms with Crippen LogP contribution in [0, 0.1) is 0 Å². The van der Waals surface area contributed by atoms with Crippen molar-refractivity contribution in [3.8, 4) is 0 Å². The number of nitrogens with zero attached hydrogens (tertiary/aromatic N) is 3. The second kappa shape index (κ2) is 7.00. The van der Waals surface area contributed by atoms with E-state index in [2.05, 4.69) is 20.2 Å². The quantitative estimate of drug-likeness (QED) is 0.920. The van der Waals surface area contributed by atoms with Crippen molar-refractivity contribution in [1.29, 1.82) is 0 Å². The maximum absolute atomic E-state index is 12.0. The second-order valence-corrected chi connectivity index (χ2v) is 5.00. The number of ether oxygens (including phenoxy) is 1. The van der Waals surface area contributed by atoms with E-state index in [1.165, 1.54) is 0 Å². The molecule has 2 aromatic rings. The number of anilines is 1. The van der Waals surface area contributed by atoms with E-state index >= 15 is 0 Å². The Morgan fingerprint density at radius 1 is 1.18 bits per heavy atom. The molecule has 114 valence electrons. The molecule has 0 radical (unpaired) electrons. The van der Waals surface area contributed by atoms with Gasteiger partial charge in [0.05, 0.1) is 25.5 Å². The van der Waals surface area contributed by atoms with Crippen molar-refractivity contribution >= 4 is 11.9 Å². The number of benzene rings is 1. The fourth-order valence-corrected chi connectivity index (χ4v) is 2.26. The predicted molar refractivity (Wildman–Crippen MR) is 82.7 cm³/mol. The largest absolute Gasteiger partial charge is 0.378 e. The number of nitrogens with one attached hydrogen (secondary N) is 1. The molecular formula is C16H18N4O2. The topological polar surface area (TPSA) is 67.4 Å². The van der Waals surface area contributed by atoms with Gasteiger partial charge in [0.1, 0.15) is 0 Å². The Morgan fingerprint density at radius 3 is 2.73 bits per heavy atom. The molecule has 1 amide bonds. The molecule has 2 heterocycles. The lowest BCUT2D eigenvalue weighted by atomic mass is 10.2. The molecule has 1 aromatic carbocycles. The van der Waals surface area contributed by atoms with Gasteiger partial charge in [-0.05, 0) is 18.2 Å². The van der Waals surface area contributed by atoms with E-state index < -0.39 is 0 Å². The Labute approximate surface area is 129 Å². The number of aromatic nitrogens is 2. The van der Waals surface area contributed by atoms with Gasteiger partial charge in [0.2, 0.25) is 5.95 Å². The van der Waals surface area contributed by atoms with Crippen molar-refractivity contribution in [3.63, 3.8) is 0 Å². The zero-order valence-corrected chi connectivity index (χ0v) is 12.2. The average molecular weight is 298 g/mol. The lowest BCUT2D eigenvalue weighted by Crippen LogP contribution is -2.37. The standard InChI is InChI=1S/C16H18N4O2/c21-15(13-4-2-1-3-5-13)18-12-14-6-7-17-16(19-14)20-8-10-22-11-9-20/h1-7H,8-12H2,(H,18,21). The SMILES string of the molecule is O=C(NCc1ccnc(N2CCOCC2)n1)c1ccccc1. The first kappa shape index (κ1) is 14.5. The monoisotopic (exact) mass is 298 g/mol. The predicted octanol–water partition coefficient (Wildman–Crippen LogP) is 1.24. The number of carbonyl (C=O) groups excluding carboxylic acids is 1. The number of carbonyl (C=O) groups is 1. The summed E-state index contributed by atoms with van der Waals surface area (Å²) in [7, 11) is 0. The Bertz CT molecular complexity index is 627. The normalized spacial score (nSPS) is 14.6. The zero-order chi connectivity index (χ0) is 15.2. The van der Waals surface area contributed by atoms with Crippen molar-refractivity contribution in [2.24, 2.45) is 0 Å². The number of hydrogen-bond acceptors (Lipinski definition) is 5. The summed E-state index contributed by atoms with van der Waals surface area (Å²) in [4.78, 5) is 22.9. The summed E-state index contributed by atoms with van der Waals surface area (Å²) in [5.41, 5.74) is 1.44. The van der Waals surface area contributed by atoms with Crippen LogP contribution in [0.1, 0.15) is 16.1 Å². The molecule has 1 aliphatic heterocycles. The van der Waals surface area contributed by atoms with E-state index in [0.29, 0.717) is 31.3 Å². The summed E-state index contributed by atoms with van der Waals surface area (Å²) in [6.07, 6.45) is 1.72. The van der Waals surface area contributed by atoms with E-state index in [4.69, 9.17) is 4.74 Å². The van der Waals surface area contributed by atoms with Crippen LogP contribution in [0.4, 0.5) is 5.95 Å². The molecule has 1 aromatic heterocycles. The highest BCUT2D eigenvalue weighted by atomic mass is 16.5. The van der Waals surface area contributed by atoms with Crippen LogP contribution in [-0.4, -0.2) is 42.2 Å². The molecule has 3 rings (SSSR count). The molecular weight excluding hydrogens is 280 g/mol. The summed E-state index contributed by atoms with van der Waals surface area (Å²) in [6, 6.07) is 11.0. The third-order valence-corrected chi connectivity index (χ3v) is 3.46. The van der Waals surface area contributed by atoms with Crippen LogP contribution < -0.4 is 10.2 Å². The first-order valence-electron chi connectivity index (χ1n) is 7.31. The van der Waals surface area contributed by atoms with E-state index in [9.17, 15) is 4.79 Å². The molecule has 6 nitrogen and oxygen atoms in total. The maximum Gasteiger partial charge on any atom is 0.251 e. The first-order valence-corrected chi connectivity index (χ1v) is 7.31. The lowest BCUT2D eigenvalue weighted by Gasteiger charge is -2.26. The summed E-state index contributed by atoms with van der Waals surface area (Å²) in [6.45, 7) is 3.35. The van der Waals surface area contributed by atoms with Crippen LogP contribution in [0.25, 0.3) is 0 Å². The Hall–Kier alpha value is -2.47. The molecule has 0 aliphatic carbocycles. The minimum Gasteiger partial charge on any atom is -0.378 e. The Morgan fingerprint density at radius 2 is 1.95 bits per heavy atom. The maximum atomic E-state index is 12.0. The molecule has 1 fully saturated rings.